The topological polar surface area (TPSA) is 109 Å². The van der Waals surface area contributed by atoms with Crippen molar-refractivity contribution in [2.45, 2.75) is 26.4 Å². The Morgan fingerprint density at radius 1 is 1.22 bits per heavy atom. The normalized spacial score (nSPS) is 13.8. The van der Waals surface area contributed by atoms with Crippen molar-refractivity contribution in [3.05, 3.63) is 63.1 Å². The largest absolute Gasteiger partial charge is 0.503 e. The molecule has 1 aliphatic rings. The Morgan fingerprint density at radius 2 is 1.94 bits per heavy atom. The fourth-order valence-corrected chi connectivity index (χ4v) is 3.36. The average molecular weight is 449 g/mol. The number of aromatic nitrogens is 1. The first-order valence-electron chi connectivity index (χ1n) is 9.70. The van der Waals surface area contributed by atoms with Crippen LogP contribution in [0.4, 0.5) is 8.78 Å². The van der Waals surface area contributed by atoms with Gasteiger partial charge in [-0.1, -0.05) is 6.07 Å². The van der Waals surface area contributed by atoms with Crippen molar-refractivity contribution in [3.8, 4) is 5.75 Å². The van der Waals surface area contributed by atoms with E-state index in [-0.39, 0.29) is 49.5 Å². The summed E-state index contributed by atoms with van der Waals surface area (Å²) in [5.74, 6) is -4.24. The highest BCUT2D eigenvalue weighted by atomic mass is 19.1. The zero-order chi connectivity index (χ0) is 23.6. The van der Waals surface area contributed by atoms with Crippen LogP contribution in [-0.4, -0.2) is 57.6 Å². The van der Waals surface area contributed by atoms with E-state index < -0.39 is 40.5 Å². The van der Waals surface area contributed by atoms with Crippen LogP contribution in [0.25, 0.3) is 0 Å². The molecule has 170 valence electrons. The Bertz CT molecular complexity index is 1150. The molecule has 0 saturated heterocycles. The number of aromatic hydroxyl groups is 1. The molecule has 2 heterocycles. The predicted molar refractivity (Wildman–Crippen MR) is 107 cm³/mol. The maximum atomic E-state index is 13.8. The van der Waals surface area contributed by atoms with Crippen molar-refractivity contribution >= 4 is 17.7 Å². The molecule has 1 N–H and O–H groups in total. The van der Waals surface area contributed by atoms with Gasteiger partial charge in [0.2, 0.25) is 5.43 Å². The van der Waals surface area contributed by atoms with Gasteiger partial charge in [-0.25, -0.2) is 8.78 Å². The second-order valence-electron chi connectivity index (χ2n) is 7.24. The molecule has 0 aliphatic carbocycles. The van der Waals surface area contributed by atoms with Crippen molar-refractivity contribution in [1.29, 1.82) is 0 Å². The van der Waals surface area contributed by atoms with Crippen LogP contribution in [0.5, 0.6) is 5.75 Å². The summed E-state index contributed by atoms with van der Waals surface area (Å²) in [6.07, 6.45) is 0.828. The Kier molecular flexibility index (Phi) is 6.68. The minimum atomic E-state index is -1.00. The minimum Gasteiger partial charge on any atom is -0.503 e. The van der Waals surface area contributed by atoms with E-state index >= 15 is 0 Å². The van der Waals surface area contributed by atoms with E-state index in [2.05, 4.69) is 0 Å². The van der Waals surface area contributed by atoms with Crippen LogP contribution >= 0.6 is 0 Å². The molecule has 0 radical (unpaired) electrons. The molecule has 32 heavy (non-hydrogen) atoms. The molecule has 9 nitrogen and oxygen atoms in total. The molecule has 0 spiro atoms. The van der Waals surface area contributed by atoms with Gasteiger partial charge in [-0.05, 0) is 18.1 Å². The molecule has 1 aromatic heterocycles. The molecule has 1 aliphatic heterocycles. The average Bonchev–Trinajstić information content (AvgIpc) is 2.72. The van der Waals surface area contributed by atoms with Crippen LogP contribution in [0.3, 0.4) is 0 Å². The van der Waals surface area contributed by atoms with Crippen LogP contribution < -0.4 is 5.43 Å². The lowest BCUT2D eigenvalue weighted by Gasteiger charge is -2.37. The Labute approximate surface area is 181 Å². The van der Waals surface area contributed by atoms with Gasteiger partial charge in [-0.2, -0.15) is 5.01 Å². The second kappa shape index (κ2) is 9.27. The number of rotatable bonds is 7. The van der Waals surface area contributed by atoms with E-state index in [4.69, 9.17) is 4.74 Å². The van der Waals surface area contributed by atoms with Gasteiger partial charge in [0, 0.05) is 32.7 Å². The van der Waals surface area contributed by atoms with E-state index in [9.17, 15) is 33.1 Å². The number of carbonyl (C=O) groups excluding carboxylic acids is 3. The number of ether oxygens (including phenoxy) is 1. The number of amides is 1. The van der Waals surface area contributed by atoms with Crippen molar-refractivity contribution in [2.24, 2.45) is 0 Å². The van der Waals surface area contributed by atoms with Gasteiger partial charge in [-0.15, -0.1) is 0 Å². The summed E-state index contributed by atoms with van der Waals surface area (Å²) in [7, 11) is 1.43. The highest BCUT2D eigenvalue weighted by Gasteiger charge is 2.33. The highest BCUT2D eigenvalue weighted by Crippen LogP contribution is 2.22. The van der Waals surface area contributed by atoms with Crippen molar-refractivity contribution < 1.29 is 33.0 Å². The first kappa shape index (κ1) is 23.1. The number of nitrogens with zero attached hydrogens (tertiary/aromatic N) is 3. The monoisotopic (exact) mass is 449 g/mol. The maximum Gasteiger partial charge on any atom is 0.302 e. The third-order valence-electron chi connectivity index (χ3n) is 5.08. The lowest BCUT2D eigenvalue weighted by atomic mass is 10.0. The summed E-state index contributed by atoms with van der Waals surface area (Å²) in [5, 5.41) is 13.0. The zero-order valence-corrected chi connectivity index (χ0v) is 17.4. The van der Waals surface area contributed by atoms with Gasteiger partial charge in [0.25, 0.3) is 5.91 Å². The van der Waals surface area contributed by atoms with Gasteiger partial charge in [0.15, 0.2) is 17.2 Å². The zero-order valence-electron chi connectivity index (χ0n) is 17.4. The van der Waals surface area contributed by atoms with Crippen molar-refractivity contribution in [1.82, 2.24) is 14.6 Å². The molecular formula is C21H21F2N3O6. The smallest absolute Gasteiger partial charge is 0.302 e. The van der Waals surface area contributed by atoms with Crippen molar-refractivity contribution in [2.75, 3.05) is 20.2 Å². The van der Waals surface area contributed by atoms with Crippen molar-refractivity contribution in [3.63, 3.8) is 0 Å². The summed E-state index contributed by atoms with van der Waals surface area (Å²) in [6, 6.07) is 2.98. The number of Topliss-reactive ketones (excluding diaryl/α,β-unsaturated/α-hetero) is 1. The second-order valence-corrected chi connectivity index (χ2v) is 7.24. The number of esters is 1. The molecule has 0 atom stereocenters. The maximum absolute atomic E-state index is 13.8. The SMILES string of the molecule is CC(=O)OCCN1Cn2cc(C(=O)CCc3ccc(F)cc3F)c(=O)c(O)c2C(=O)N1C. The van der Waals surface area contributed by atoms with E-state index in [1.165, 1.54) is 40.8 Å². The van der Waals surface area contributed by atoms with Gasteiger partial charge >= 0.3 is 5.97 Å². The first-order chi connectivity index (χ1) is 15.1. The molecule has 3 rings (SSSR count). The number of pyridine rings is 1. The number of hydrogen-bond acceptors (Lipinski definition) is 7. The summed E-state index contributed by atoms with van der Waals surface area (Å²) < 4.78 is 33.0. The molecule has 0 unspecified atom stereocenters. The van der Waals surface area contributed by atoms with Crippen LogP contribution in [-0.2, 0) is 22.6 Å². The third kappa shape index (κ3) is 4.67. The summed E-state index contributed by atoms with van der Waals surface area (Å²) in [6.45, 7) is 1.41. The molecule has 0 saturated carbocycles. The Morgan fingerprint density at radius 3 is 2.59 bits per heavy atom. The predicted octanol–water partition coefficient (Wildman–Crippen LogP) is 1.47. The summed E-state index contributed by atoms with van der Waals surface area (Å²) >= 11 is 0. The Balaban J connectivity index is 1.84. The van der Waals surface area contributed by atoms with E-state index in [0.29, 0.717) is 6.07 Å². The molecular weight excluding hydrogens is 428 g/mol. The highest BCUT2D eigenvalue weighted by molar-refractivity contribution is 5.99. The molecule has 11 heteroatoms. The van der Waals surface area contributed by atoms with Gasteiger partial charge < -0.3 is 14.4 Å². The number of benzene rings is 1. The Hall–Kier alpha value is -3.60. The number of fused-ring (bicyclic) bond motifs is 1. The number of aryl methyl sites for hydroxylation is 1. The summed E-state index contributed by atoms with van der Waals surface area (Å²) in [4.78, 5) is 48.8. The minimum absolute atomic E-state index is 0.000448. The van der Waals surface area contributed by atoms with E-state index in [1.807, 2.05) is 0 Å². The third-order valence-corrected chi connectivity index (χ3v) is 5.08. The summed E-state index contributed by atoms with van der Waals surface area (Å²) in [5.41, 5.74) is -1.53. The molecule has 2 aromatic rings. The number of hydrogen-bond donors (Lipinski definition) is 1. The number of carbonyl (C=O) groups is 3. The quantitative estimate of drug-likeness (QED) is 0.504. The lowest BCUT2D eigenvalue weighted by Crippen LogP contribution is -2.51. The molecule has 1 amide bonds. The van der Waals surface area contributed by atoms with Crippen LogP contribution in [0.15, 0.2) is 29.2 Å². The molecule has 1 aromatic carbocycles. The fraction of sp³-hybridized carbons (Fsp3) is 0.333. The van der Waals surface area contributed by atoms with Crippen LogP contribution in [0.2, 0.25) is 0 Å². The number of ketones is 1. The van der Waals surface area contributed by atoms with Crippen LogP contribution in [0.1, 0.15) is 39.8 Å². The lowest BCUT2D eigenvalue weighted by molar-refractivity contribution is -0.142. The first-order valence-corrected chi connectivity index (χ1v) is 9.70. The molecule has 0 fully saturated rings. The van der Waals surface area contributed by atoms with E-state index in [0.717, 1.165) is 6.07 Å². The molecule has 0 bridgehead atoms. The van der Waals surface area contributed by atoms with Gasteiger partial charge in [0.1, 0.15) is 18.2 Å². The standard InChI is InChI=1S/C21H21F2N3O6/c1-12(27)32-8-7-26-11-25-10-15(19(29)20(30)18(25)21(31)24(26)2)17(28)6-4-13-3-5-14(22)9-16(13)23/h3,5,9-10,30H,4,6-8,11H2,1-2H3. The van der Waals surface area contributed by atoms with E-state index in [1.54, 1.807) is 0 Å². The fourth-order valence-electron chi connectivity index (χ4n) is 3.36. The number of hydrazine groups is 1. The van der Waals surface area contributed by atoms with Gasteiger partial charge in [0.05, 0.1) is 18.8 Å². The van der Waals surface area contributed by atoms with Gasteiger partial charge in [-0.3, -0.25) is 24.2 Å². The number of halogens is 2. The van der Waals surface area contributed by atoms with Crippen LogP contribution in [0, 0.1) is 11.6 Å².